The molecule has 1 atom stereocenters. The summed E-state index contributed by atoms with van der Waals surface area (Å²) in [6.45, 7) is 10.2. The summed E-state index contributed by atoms with van der Waals surface area (Å²) in [4.78, 5) is 23.7. The third-order valence-electron chi connectivity index (χ3n) is 7.27. The molecule has 190 valence electrons. The predicted octanol–water partition coefficient (Wildman–Crippen LogP) is 4.35. The number of nitrogens with zero attached hydrogens (tertiary/aromatic N) is 3. The van der Waals surface area contributed by atoms with Crippen LogP contribution in [0.4, 0.5) is 11.4 Å². The zero-order valence-electron chi connectivity index (χ0n) is 21.6. The van der Waals surface area contributed by atoms with E-state index in [4.69, 9.17) is 15.5 Å². The van der Waals surface area contributed by atoms with Gasteiger partial charge in [-0.05, 0) is 62.1 Å². The molecule has 36 heavy (non-hydrogen) atoms. The van der Waals surface area contributed by atoms with Gasteiger partial charge in [-0.1, -0.05) is 12.1 Å². The lowest BCUT2D eigenvalue weighted by Gasteiger charge is -2.33. The lowest BCUT2D eigenvalue weighted by molar-refractivity contribution is -0.147. The van der Waals surface area contributed by atoms with Crippen molar-refractivity contribution in [3.8, 4) is 5.75 Å². The minimum Gasteiger partial charge on any atom is -0.492 e. The van der Waals surface area contributed by atoms with E-state index in [1.807, 2.05) is 45.3 Å². The SMILES string of the molecule is CNc1ccc(C(c2cnc(C)c(CN3CCOc4ccncc4C3)c2)C(C)(C)C(=O)O)c(C)c1N. The molecule has 0 fully saturated rings. The van der Waals surface area contributed by atoms with Crippen LogP contribution < -0.4 is 15.8 Å². The van der Waals surface area contributed by atoms with E-state index in [-0.39, 0.29) is 0 Å². The molecule has 0 bridgehead atoms. The Labute approximate surface area is 212 Å². The highest BCUT2D eigenvalue weighted by Gasteiger charge is 2.40. The molecular formula is C28H35N5O3. The van der Waals surface area contributed by atoms with Crippen LogP contribution in [0.25, 0.3) is 0 Å². The molecule has 0 amide bonds. The number of rotatable bonds is 7. The molecular weight excluding hydrogens is 454 g/mol. The Kier molecular flexibility index (Phi) is 7.17. The van der Waals surface area contributed by atoms with Crippen LogP contribution in [0.3, 0.4) is 0 Å². The quantitative estimate of drug-likeness (QED) is 0.420. The van der Waals surface area contributed by atoms with Crippen molar-refractivity contribution in [3.63, 3.8) is 0 Å². The molecule has 1 unspecified atom stereocenters. The van der Waals surface area contributed by atoms with Gasteiger partial charge in [0.1, 0.15) is 12.4 Å². The number of aliphatic carboxylic acids is 1. The van der Waals surface area contributed by atoms with Gasteiger partial charge >= 0.3 is 5.97 Å². The first-order valence-electron chi connectivity index (χ1n) is 12.2. The van der Waals surface area contributed by atoms with Gasteiger partial charge in [0.15, 0.2) is 0 Å². The topological polar surface area (TPSA) is 114 Å². The molecule has 0 saturated heterocycles. The number of carboxylic acid groups (broad SMARTS) is 1. The lowest BCUT2D eigenvalue weighted by atomic mass is 9.70. The van der Waals surface area contributed by atoms with Crippen molar-refractivity contribution in [3.05, 3.63) is 76.4 Å². The second-order valence-corrected chi connectivity index (χ2v) is 10.0. The van der Waals surface area contributed by atoms with Crippen molar-refractivity contribution in [2.24, 2.45) is 5.41 Å². The van der Waals surface area contributed by atoms with Gasteiger partial charge in [-0.3, -0.25) is 19.7 Å². The van der Waals surface area contributed by atoms with Crippen LogP contribution in [-0.2, 0) is 17.9 Å². The summed E-state index contributed by atoms with van der Waals surface area (Å²) in [7, 11) is 1.82. The van der Waals surface area contributed by atoms with E-state index in [9.17, 15) is 9.90 Å². The van der Waals surface area contributed by atoms with E-state index in [0.717, 1.165) is 58.0 Å². The molecule has 1 aliphatic rings. The summed E-state index contributed by atoms with van der Waals surface area (Å²) in [5.74, 6) is -0.441. The first kappa shape index (κ1) is 25.4. The Balaban J connectivity index is 1.74. The van der Waals surface area contributed by atoms with Gasteiger partial charge in [-0.15, -0.1) is 0 Å². The van der Waals surface area contributed by atoms with Gasteiger partial charge in [-0.25, -0.2) is 0 Å². The van der Waals surface area contributed by atoms with Gasteiger partial charge in [-0.2, -0.15) is 0 Å². The Morgan fingerprint density at radius 2 is 2.06 bits per heavy atom. The second-order valence-electron chi connectivity index (χ2n) is 10.0. The molecule has 0 spiro atoms. The van der Waals surface area contributed by atoms with E-state index in [0.29, 0.717) is 18.8 Å². The van der Waals surface area contributed by atoms with Gasteiger partial charge in [0.05, 0.1) is 16.8 Å². The first-order valence-corrected chi connectivity index (χ1v) is 12.2. The van der Waals surface area contributed by atoms with Gasteiger partial charge < -0.3 is 20.9 Å². The van der Waals surface area contributed by atoms with Crippen molar-refractivity contribution < 1.29 is 14.6 Å². The number of aryl methyl sites for hydroxylation is 1. The normalized spacial score (nSPS) is 14.9. The standard InChI is InChI=1S/C28H35N5O3/c1-17-22(6-7-23(30-5)26(17)29)25(28(3,4)27(34)35)19-12-20(18(2)32-14-19)15-33-10-11-36-24-8-9-31-13-21(24)16-33/h6-9,12-14,25,30H,10-11,15-16,29H2,1-5H3,(H,34,35). The van der Waals surface area contributed by atoms with Gasteiger partial charge in [0.25, 0.3) is 0 Å². The number of nitrogen functional groups attached to an aromatic ring is 1. The van der Waals surface area contributed by atoms with Crippen molar-refractivity contribution in [1.82, 2.24) is 14.9 Å². The number of nitrogens with two attached hydrogens (primary N) is 1. The largest absolute Gasteiger partial charge is 0.492 e. The minimum absolute atomic E-state index is 0.438. The molecule has 8 nitrogen and oxygen atoms in total. The maximum Gasteiger partial charge on any atom is 0.310 e. The van der Waals surface area contributed by atoms with Crippen LogP contribution in [0.1, 0.15) is 53.3 Å². The van der Waals surface area contributed by atoms with Crippen LogP contribution >= 0.6 is 0 Å². The van der Waals surface area contributed by atoms with E-state index >= 15 is 0 Å². The highest BCUT2D eigenvalue weighted by molar-refractivity contribution is 5.78. The fourth-order valence-corrected chi connectivity index (χ4v) is 4.95. The Bertz CT molecular complexity index is 1270. The van der Waals surface area contributed by atoms with E-state index in [1.165, 1.54) is 0 Å². The Morgan fingerprint density at radius 3 is 2.78 bits per heavy atom. The molecule has 0 saturated carbocycles. The molecule has 0 aliphatic carbocycles. The number of aromatic nitrogens is 2. The number of hydrogen-bond acceptors (Lipinski definition) is 7. The maximum absolute atomic E-state index is 12.5. The molecule has 3 aromatic rings. The summed E-state index contributed by atoms with van der Waals surface area (Å²) >= 11 is 0. The zero-order chi connectivity index (χ0) is 26.0. The summed E-state index contributed by atoms with van der Waals surface area (Å²) in [6, 6.07) is 7.89. The summed E-state index contributed by atoms with van der Waals surface area (Å²) in [6.07, 6.45) is 5.40. The van der Waals surface area contributed by atoms with Gasteiger partial charge in [0.2, 0.25) is 0 Å². The number of benzene rings is 1. The number of pyridine rings is 2. The number of hydrogen-bond donors (Lipinski definition) is 3. The summed E-state index contributed by atoms with van der Waals surface area (Å²) < 4.78 is 5.90. The Morgan fingerprint density at radius 1 is 1.28 bits per heavy atom. The molecule has 3 heterocycles. The third kappa shape index (κ3) is 4.86. The van der Waals surface area contributed by atoms with Crippen molar-refractivity contribution in [2.45, 2.75) is 46.7 Å². The zero-order valence-corrected chi connectivity index (χ0v) is 21.6. The number of anilines is 2. The smallest absolute Gasteiger partial charge is 0.310 e. The average Bonchev–Trinajstić information content (AvgIpc) is 3.05. The van der Waals surface area contributed by atoms with E-state index < -0.39 is 17.3 Å². The average molecular weight is 490 g/mol. The first-order chi connectivity index (χ1) is 17.1. The summed E-state index contributed by atoms with van der Waals surface area (Å²) in [5.41, 5.74) is 12.4. The molecule has 4 N–H and O–H groups in total. The summed E-state index contributed by atoms with van der Waals surface area (Å²) in [5, 5.41) is 13.3. The predicted molar refractivity (Wildman–Crippen MR) is 141 cm³/mol. The lowest BCUT2D eigenvalue weighted by Crippen LogP contribution is -2.33. The van der Waals surface area contributed by atoms with Crippen LogP contribution in [-0.4, -0.2) is 46.1 Å². The number of carboxylic acids is 1. The van der Waals surface area contributed by atoms with Crippen LogP contribution in [0, 0.1) is 19.3 Å². The number of fused-ring (bicyclic) bond motifs is 1. The molecule has 1 aromatic carbocycles. The molecule has 8 heteroatoms. The Hall–Kier alpha value is -3.65. The van der Waals surface area contributed by atoms with Gasteiger partial charge in [0, 0.05) is 62.4 Å². The number of nitrogens with one attached hydrogen (secondary N) is 1. The van der Waals surface area contributed by atoms with Crippen LogP contribution in [0.2, 0.25) is 0 Å². The fraction of sp³-hybridized carbons (Fsp3) is 0.393. The maximum atomic E-state index is 12.5. The van der Waals surface area contributed by atoms with Crippen molar-refractivity contribution >= 4 is 17.3 Å². The molecule has 1 aliphatic heterocycles. The third-order valence-corrected chi connectivity index (χ3v) is 7.27. The second kappa shape index (κ2) is 10.1. The number of carbonyl (C=O) groups is 1. The molecule has 0 radical (unpaired) electrons. The highest BCUT2D eigenvalue weighted by Crippen LogP contribution is 2.44. The fourth-order valence-electron chi connectivity index (χ4n) is 4.95. The van der Waals surface area contributed by atoms with Crippen LogP contribution in [0.15, 0.2) is 42.9 Å². The highest BCUT2D eigenvalue weighted by atomic mass is 16.5. The van der Waals surface area contributed by atoms with Crippen molar-refractivity contribution in [1.29, 1.82) is 0 Å². The monoisotopic (exact) mass is 489 g/mol. The van der Waals surface area contributed by atoms with E-state index in [1.54, 1.807) is 26.2 Å². The number of ether oxygens (including phenoxy) is 1. The van der Waals surface area contributed by atoms with E-state index in [2.05, 4.69) is 21.3 Å². The molecule has 4 rings (SSSR count). The van der Waals surface area contributed by atoms with Crippen LogP contribution in [0.5, 0.6) is 5.75 Å². The van der Waals surface area contributed by atoms with Crippen molar-refractivity contribution in [2.75, 3.05) is 31.2 Å². The molecule has 2 aromatic heterocycles. The minimum atomic E-state index is -1.09.